The van der Waals surface area contributed by atoms with Crippen LogP contribution < -0.4 is 4.90 Å². The Balaban J connectivity index is 1.44. The van der Waals surface area contributed by atoms with Crippen molar-refractivity contribution in [3.05, 3.63) is 65.4 Å². The molecule has 0 unspecified atom stereocenters. The van der Waals surface area contributed by atoms with Crippen LogP contribution in [0.2, 0.25) is 0 Å². The second-order valence-corrected chi connectivity index (χ2v) is 8.23. The van der Waals surface area contributed by atoms with E-state index in [1.807, 2.05) is 17.0 Å². The van der Waals surface area contributed by atoms with Gasteiger partial charge in [0.05, 0.1) is 17.6 Å². The van der Waals surface area contributed by atoms with Gasteiger partial charge in [-0.25, -0.2) is 9.97 Å². The highest BCUT2D eigenvalue weighted by Gasteiger charge is 2.38. The third kappa shape index (κ3) is 4.26. The Hall–Kier alpha value is -3.34. The third-order valence-electron chi connectivity index (χ3n) is 4.79. The first-order valence-electron chi connectivity index (χ1n) is 9.47. The van der Waals surface area contributed by atoms with Gasteiger partial charge in [0, 0.05) is 23.5 Å². The SMILES string of the molecule is FC(F)(F)c1nc(-c2ccc(CN(c3cnccn3)c3cc(C4CC4)ccn3)s2)no1. The van der Waals surface area contributed by atoms with E-state index in [1.54, 1.807) is 30.9 Å². The number of halogens is 3. The number of alkyl halides is 3. The zero-order valence-corrected chi connectivity index (χ0v) is 16.8. The zero-order valence-electron chi connectivity index (χ0n) is 16.0. The van der Waals surface area contributed by atoms with E-state index in [2.05, 4.69) is 35.7 Å². The lowest BCUT2D eigenvalue weighted by atomic mass is 10.1. The molecule has 4 heterocycles. The molecule has 4 aromatic heterocycles. The van der Waals surface area contributed by atoms with Gasteiger partial charge in [-0.05, 0) is 48.6 Å². The summed E-state index contributed by atoms with van der Waals surface area (Å²) in [5, 5.41) is 3.46. The Morgan fingerprint density at radius 3 is 2.61 bits per heavy atom. The average Bonchev–Trinajstić information content (AvgIpc) is 3.30. The maximum Gasteiger partial charge on any atom is 0.471 e. The van der Waals surface area contributed by atoms with Crippen LogP contribution in [0.15, 0.2) is 53.6 Å². The summed E-state index contributed by atoms with van der Waals surface area (Å²) in [5.74, 6) is 0.471. The quantitative estimate of drug-likeness (QED) is 0.403. The molecule has 0 aliphatic heterocycles. The minimum Gasteiger partial charge on any atom is -0.329 e. The largest absolute Gasteiger partial charge is 0.471 e. The first kappa shape index (κ1) is 19.6. The number of rotatable bonds is 6. The van der Waals surface area contributed by atoms with E-state index in [1.165, 1.54) is 29.7 Å². The Morgan fingerprint density at radius 2 is 1.90 bits per heavy atom. The van der Waals surface area contributed by atoms with Gasteiger partial charge in [0.15, 0.2) is 5.82 Å². The summed E-state index contributed by atoms with van der Waals surface area (Å²) < 4.78 is 42.6. The molecule has 0 aromatic carbocycles. The topological polar surface area (TPSA) is 80.8 Å². The highest BCUT2D eigenvalue weighted by atomic mass is 32.1. The maximum atomic E-state index is 12.7. The lowest BCUT2D eigenvalue weighted by Crippen LogP contribution is -2.18. The zero-order chi connectivity index (χ0) is 21.4. The van der Waals surface area contributed by atoms with Crippen molar-refractivity contribution in [3.63, 3.8) is 0 Å². The molecule has 1 saturated carbocycles. The van der Waals surface area contributed by atoms with Gasteiger partial charge in [-0.2, -0.15) is 18.2 Å². The lowest BCUT2D eigenvalue weighted by molar-refractivity contribution is -0.159. The molecular formula is C20H15F3N6OS. The van der Waals surface area contributed by atoms with Crippen molar-refractivity contribution in [2.45, 2.75) is 31.5 Å². The van der Waals surface area contributed by atoms with Crippen molar-refractivity contribution < 1.29 is 17.7 Å². The first-order chi connectivity index (χ1) is 15.0. The monoisotopic (exact) mass is 444 g/mol. The van der Waals surface area contributed by atoms with E-state index in [0.717, 1.165) is 10.7 Å². The highest BCUT2D eigenvalue weighted by Crippen LogP contribution is 2.41. The van der Waals surface area contributed by atoms with Gasteiger partial charge in [0.2, 0.25) is 5.82 Å². The van der Waals surface area contributed by atoms with Crippen LogP contribution in [0.4, 0.5) is 24.8 Å². The summed E-state index contributed by atoms with van der Waals surface area (Å²) in [7, 11) is 0. The van der Waals surface area contributed by atoms with E-state index >= 15 is 0 Å². The molecule has 5 rings (SSSR count). The van der Waals surface area contributed by atoms with Crippen molar-refractivity contribution in [1.29, 1.82) is 0 Å². The smallest absolute Gasteiger partial charge is 0.329 e. The van der Waals surface area contributed by atoms with E-state index in [4.69, 9.17) is 0 Å². The first-order valence-corrected chi connectivity index (χ1v) is 10.3. The number of anilines is 2. The number of thiophene rings is 1. The summed E-state index contributed by atoms with van der Waals surface area (Å²) >= 11 is 1.28. The van der Waals surface area contributed by atoms with E-state index in [9.17, 15) is 13.2 Å². The molecule has 1 fully saturated rings. The van der Waals surface area contributed by atoms with Crippen LogP contribution in [0.1, 0.15) is 35.1 Å². The number of hydrogen-bond acceptors (Lipinski definition) is 8. The summed E-state index contributed by atoms with van der Waals surface area (Å²) in [4.78, 5) is 19.8. The van der Waals surface area contributed by atoms with Crippen LogP contribution in [-0.4, -0.2) is 25.1 Å². The molecular weight excluding hydrogens is 429 g/mol. The molecule has 0 saturated heterocycles. The van der Waals surface area contributed by atoms with Gasteiger partial charge in [0.1, 0.15) is 5.82 Å². The van der Waals surface area contributed by atoms with Gasteiger partial charge in [-0.1, -0.05) is 5.16 Å². The van der Waals surface area contributed by atoms with E-state index in [-0.39, 0.29) is 5.82 Å². The number of pyridine rings is 1. The van der Waals surface area contributed by atoms with Crippen molar-refractivity contribution in [2.24, 2.45) is 0 Å². The summed E-state index contributed by atoms with van der Waals surface area (Å²) in [6, 6.07) is 7.56. The second kappa shape index (κ2) is 7.73. The summed E-state index contributed by atoms with van der Waals surface area (Å²) in [6.07, 6.45) is 4.30. The van der Waals surface area contributed by atoms with E-state index < -0.39 is 12.1 Å². The predicted octanol–water partition coefficient (Wildman–Crippen LogP) is 5.22. The van der Waals surface area contributed by atoms with Gasteiger partial charge in [-0.3, -0.25) is 4.98 Å². The average molecular weight is 444 g/mol. The number of nitrogens with zero attached hydrogens (tertiary/aromatic N) is 6. The fraction of sp³-hybridized carbons (Fsp3) is 0.250. The van der Waals surface area contributed by atoms with Gasteiger partial charge < -0.3 is 9.42 Å². The molecule has 1 aliphatic rings. The van der Waals surface area contributed by atoms with E-state index in [0.29, 0.717) is 23.2 Å². The molecule has 7 nitrogen and oxygen atoms in total. The minimum atomic E-state index is -4.67. The molecule has 0 bridgehead atoms. The Kier molecular flexibility index (Phi) is 4.89. The van der Waals surface area contributed by atoms with Crippen LogP contribution in [-0.2, 0) is 12.7 Å². The predicted molar refractivity (Wildman–Crippen MR) is 107 cm³/mol. The van der Waals surface area contributed by atoms with Crippen LogP contribution in [0.25, 0.3) is 10.7 Å². The van der Waals surface area contributed by atoms with Gasteiger partial charge in [0.25, 0.3) is 0 Å². The fourth-order valence-corrected chi connectivity index (χ4v) is 4.06. The fourth-order valence-electron chi connectivity index (χ4n) is 3.14. The molecule has 31 heavy (non-hydrogen) atoms. The molecule has 0 amide bonds. The Labute approximate surface area is 178 Å². The molecule has 0 N–H and O–H groups in total. The molecule has 4 aromatic rings. The second-order valence-electron chi connectivity index (χ2n) is 7.06. The highest BCUT2D eigenvalue weighted by molar-refractivity contribution is 7.15. The maximum absolute atomic E-state index is 12.7. The molecule has 1 aliphatic carbocycles. The van der Waals surface area contributed by atoms with Crippen molar-refractivity contribution in [3.8, 4) is 10.7 Å². The van der Waals surface area contributed by atoms with Gasteiger partial charge >= 0.3 is 12.1 Å². The normalized spacial score (nSPS) is 14.0. The minimum absolute atomic E-state index is 0.0940. The molecule has 0 atom stereocenters. The number of aromatic nitrogens is 5. The molecule has 0 radical (unpaired) electrons. The standard InChI is InChI=1S/C20H15F3N6OS/c21-20(22,23)19-27-18(28-30-19)15-4-3-14(31-15)11-29(17-10-24-7-8-26-17)16-9-13(5-6-25-16)12-1-2-12/h3-10,12H,1-2,11H2. The van der Waals surface area contributed by atoms with Crippen molar-refractivity contribution in [1.82, 2.24) is 25.1 Å². The molecule has 0 spiro atoms. The van der Waals surface area contributed by atoms with Gasteiger partial charge in [-0.15, -0.1) is 11.3 Å². The van der Waals surface area contributed by atoms with Crippen LogP contribution in [0.3, 0.4) is 0 Å². The van der Waals surface area contributed by atoms with Crippen molar-refractivity contribution in [2.75, 3.05) is 4.90 Å². The molecule has 11 heteroatoms. The Morgan fingerprint density at radius 1 is 1.06 bits per heavy atom. The van der Waals surface area contributed by atoms with Crippen LogP contribution in [0.5, 0.6) is 0 Å². The third-order valence-corrected chi connectivity index (χ3v) is 5.85. The summed E-state index contributed by atoms with van der Waals surface area (Å²) in [6.45, 7) is 0.411. The number of hydrogen-bond donors (Lipinski definition) is 0. The lowest BCUT2D eigenvalue weighted by Gasteiger charge is -2.22. The summed E-state index contributed by atoms with van der Waals surface area (Å²) in [5.41, 5.74) is 1.23. The Bertz CT molecular complexity index is 1190. The van der Waals surface area contributed by atoms with Crippen molar-refractivity contribution >= 4 is 23.0 Å². The molecule has 158 valence electrons. The van der Waals surface area contributed by atoms with Crippen LogP contribution >= 0.6 is 11.3 Å². The van der Waals surface area contributed by atoms with Crippen LogP contribution in [0, 0.1) is 0 Å².